The van der Waals surface area contributed by atoms with Crippen LogP contribution in [0, 0.1) is 22.7 Å². The zero-order valence-electron chi connectivity index (χ0n) is 13.7. The summed E-state index contributed by atoms with van der Waals surface area (Å²) in [5.41, 5.74) is 7.87. The summed E-state index contributed by atoms with van der Waals surface area (Å²) in [6.07, 6.45) is 0. The highest BCUT2D eigenvalue weighted by Gasteiger charge is 2.21. The number of aliphatic hydroxyl groups excluding tert-OH is 1. The number of anilines is 1. The van der Waals surface area contributed by atoms with E-state index in [2.05, 4.69) is 4.98 Å². The van der Waals surface area contributed by atoms with Gasteiger partial charge in [-0.1, -0.05) is 48.5 Å². The zero-order chi connectivity index (χ0) is 18.7. The normalized spacial score (nSPS) is 10.1. The van der Waals surface area contributed by atoms with Gasteiger partial charge in [0.25, 0.3) is 5.56 Å². The van der Waals surface area contributed by atoms with Crippen LogP contribution in [-0.4, -0.2) is 10.1 Å². The summed E-state index contributed by atoms with van der Waals surface area (Å²) in [6.45, 7) is -0.168. The van der Waals surface area contributed by atoms with Crippen LogP contribution in [0.2, 0.25) is 0 Å². The van der Waals surface area contributed by atoms with Crippen molar-refractivity contribution >= 4 is 5.82 Å². The fourth-order valence-electron chi connectivity index (χ4n) is 2.97. The van der Waals surface area contributed by atoms with E-state index in [1.165, 1.54) is 0 Å². The Bertz CT molecular complexity index is 1130. The maximum absolute atomic E-state index is 12.2. The largest absolute Gasteiger partial charge is 0.392 e. The van der Waals surface area contributed by atoms with Crippen LogP contribution in [0.15, 0.2) is 53.3 Å². The first-order valence-corrected chi connectivity index (χ1v) is 7.76. The van der Waals surface area contributed by atoms with E-state index in [1.54, 1.807) is 18.2 Å². The molecule has 0 saturated heterocycles. The molecule has 1 heterocycles. The average Bonchev–Trinajstić information content (AvgIpc) is 2.67. The van der Waals surface area contributed by atoms with E-state index in [1.807, 2.05) is 42.5 Å². The molecule has 6 nitrogen and oxygen atoms in total. The molecule has 26 heavy (non-hydrogen) atoms. The number of nitriles is 2. The summed E-state index contributed by atoms with van der Waals surface area (Å²) < 4.78 is 0. The molecular weight excluding hydrogens is 328 g/mol. The number of pyridine rings is 1. The Labute approximate surface area is 149 Å². The standard InChI is InChI=1S/C20H14N4O2/c21-9-16-18(17(10-22)20(26)24-19(16)23)15-8-4-3-7-14(15)13-6-2-1-5-12(13)11-25/h1-8,25H,11H2,(H3,23,24,26). The molecule has 126 valence electrons. The maximum Gasteiger partial charge on any atom is 0.268 e. The van der Waals surface area contributed by atoms with Gasteiger partial charge < -0.3 is 15.8 Å². The number of rotatable bonds is 3. The Morgan fingerprint density at radius 2 is 1.50 bits per heavy atom. The number of benzene rings is 2. The van der Waals surface area contributed by atoms with Crippen LogP contribution in [0.4, 0.5) is 5.82 Å². The predicted octanol–water partition coefficient (Wildman–Crippen LogP) is 2.53. The van der Waals surface area contributed by atoms with Crippen molar-refractivity contribution in [1.29, 1.82) is 10.5 Å². The SMILES string of the molecule is N#Cc1c(N)[nH]c(=O)c(C#N)c1-c1ccccc1-c1ccccc1CO. The van der Waals surface area contributed by atoms with Gasteiger partial charge in [0.05, 0.1) is 6.61 Å². The second kappa shape index (κ2) is 6.94. The summed E-state index contributed by atoms with van der Waals surface area (Å²) in [6, 6.07) is 18.2. The Balaban J connectivity index is 2.45. The fraction of sp³-hybridized carbons (Fsp3) is 0.0500. The number of nitrogen functional groups attached to an aromatic ring is 1. The van der Waals surface area contributed by atoms with E-state index in [0.717, 1.165) is 5.56 Å². The van der Waals surface area contributed by atoms with Gasteiger partial charge in [0.1, 0.15) is 29.1 Å². The van der Waals surface area contributed by atoms with Gasteiger partial charge in [-0.25, -0.2) is 0 Å². The molecule has 0 amide bonds. The van der Waals surface area contributed by atoms with Gasteiger partial charge in [0.2, 0.25) is 0 Å². The number of aromatic nitrogens is 1. The number of nitrogens with two attached hydrogens (primary N) is 1. The fourth-order valence-corrected chi connectivity index (χ4v) is 2.97. The van der Waals surface area contributed by atoms with Crippen LogP contribution in [0.1, 0.15) is 16.7 Å². The van der Waals surface area contributed by atoms with Crippen LogP contribution in [0.5, 0.6) is 0 Å². The topological polar surface area (TPSA) is 127 Å². The number of aliphatic hydroxyl groups is 1. The Kier molecular flexibility index (Phi) is 4.53. The van der Waals surface area contributed by atoms with Gasteiger partial charge in [-0.15, -0.1) is 0 Å². The number of nitrogens with one attached hydrogen (secondary N) is 1. The van der Waals surface area contributed by atoms with Crippen molar-refractivity contribution in [3.63, 3.8) is 0 Å². The molecule has 0 atom stereocenters. The van der Waals surface area contributed by atoms with Gasteiger partial charge in [-0.05, 0) is 22.3 Å². The van der Waals surface area contributed by atoms with Crippen molar-refractivity contribution in [3.8, 4) is 34.4 Å². The van der Waals surface area contributed by atoms with Crippen molar-refractivity contribution in [3.05, 3.63) is 75.6 Å². The molecule has 0 fully saturated rings. The highest BCUT2D eigenvalue weighted by atomic mass is 16.3. The minimum atomic E-state index is -0.649. The first kappa shape index (κ1) is 17.0. The third-order valence-corrected chi connectivity index (χ3v) is 4.14. The van der Waals surface area contributed by atoms with Gasteiger partial charge in [-0.3, -0.25) is 4.79 Å². The molecule has 6 heteroatoms. The lowest BCUT2D eigenvalue weighted by Gasteiger charge is -2.15. The molecule has 0 radical (unpaired) electrons. The molecule has 0 aliphatic heterocycles. The van der Waals surface area contributed by atoms with Crippen molar-refractivity contribution in [2.45, 2.75) is 6.61 Å². The Hall–Kier alpha value is -3.87. The van der Waals surface area contributed by atoms with Crippen LogP contribution >= 0.6 is 0 Å². The molecule has 2 aromatic carbocycles. The molecular formula is C20H14N4O2. The number of nitrogens with zero attached hydrogens (tertiary/aromatic N) is 2. The lowest BCUT2D eigenvalue weighted by molar-refractivity contribution is 0.282. The first-order chi connectivity index (χ1) is 12.6. The lowest BCUT2D eigenvalue weighted by Crippen LogP contribution is -2.16. The Morgan fingerprint density at radius 1 is 0.923 bits per heavy atom. The molecule has 4 N–H and O–H groups in total. The second-order valence-corrected chi connectivity index (χ2v) is 5.58. The number of hydrogen-bond donors (Lipinski definition) is 3. The van der Waals surface area contributed by atoms with Gasteiger partial charge in [0.15, 0.2) is 0 Å². The van der Waals surface area contributed by atoms with E-state index >= 15 is 0 Å². The quantitative estimate of drug-likeness (QED) is 0.674. The molecule has 3 aromatic rings. The van der Waals surface area contributed by atoms with E-state index in [9.17, 15) is 20.4 Å². The zero-order valence-corrected chi connectivity index (χ0v) is 13.7. The van der Waals surface area contributed by atoms with Crippen molar-refractivity contribution in [2.24, 2.45) is 0 Å². The van der Waals surface area contributed by atoms with E-state index < -0.39 is 5.56 Å². The van der Waals surface area contributed by atoms with Crippen molar-refractivity contribution in [2.75, 3.05) is 5.73 Å². The highest BCUT2D eigenvalue weighted by Crippen LogP contribution is 2.37. The number of aromatic amines is 1. The van der Waals surface area contributed by atoms with Crippen molar-refractivity contribution in [1.82, 2.24) is 4.98 Å². The number of hydrogen-bond acceptors (Lipinski definition) is 5. The Morgan fingerprint density at radius 3 is 2.12 bits per heavy atom. The van der Waals surface area contributed by atoms with E-state index in [-0.39, 0.29) is 29.1 Å². The monoisotopic (exact) mass is 342 g/mol. The summed E-state index contributed by atoms with van der Waals surface area (Å²) >= 11 is 0. The molecule has 0 spiro atoms. The van der Waals surface area contributed by atoms with Crippen molar-refractivity contribution < 1.29 is 5.11 Å². The van der Waals surface area contributed by atoms with E-state index in [0.29, 0.717) is 16.7 Å². The van der Waals surface area contributed by atoms with Gasteiger partial charge >= 0.3 is 0 Å². The third kappa shape index (κ3) is 2.71. The maximum atomic E-state index is 12.2. The highest BCUT2D eigenvalue weighted by molar-refractivity contribution is 5.90. The van der Waals surface area contributed by atoms with Gasteiger partial charge in [0, 0.05) is 5.56 Å². The van der Waals surface area contributed by atoms with Crippen LogP contribution in [0.3, 0.4) is 0 Å². The lowest BCUT2D eigenvalue weighted by atomic mass is 9.88. The minimum absolute atomic E-state index is 0.0371. The summed E-state index contributed by atoms with van der Waals surface area (Å²) in [7, 11) is 0. The third-order valence-electron chi connectivity index (χ3n) is 4.14. The number of H-pyrrole nitrogens is 1. The molecule has 1 aromatic heterocycles. The molecule has 3 rings (SSSR count). The predicted molar refractivity (Wildman–Crippen MR) is 97.7 cm³/mol. The first-order valence-electron chi connectivity index (χ1n) is 7.76. The molecule has 0 aliphatic carbocycles. The van der Waals surface area contributed by atoms with Crippen LogP contribution in [0.25, 0.3) is 22.3 Å². The van der Waals surface area contributed by atoms with Gasteiger partial charge in [-0.2, -0.15) is 10.5 Å². The second-order valence-electron chi connectivity index (χ2n) is 5.58. The van der Waals surface area contributed by atoms with Crippen LogP contribution < -0.4 is 11.3 Å². The summed E-state index contributed by atoms with van der Waals surface area (Å²) in [5, 5.41) is 28.7. The molecule has 0 saturated carbocycles. The smallest absolute Gasteiger partial charge is 0.268 e. The van der Waals surface area contributed by atoms with E-state index in [4.69, 9.17) is 5.73 Å². The minimum Gasteiger partial charge on any atom is -0.392 e. The molecule has 0 bridgehead atoms. The average molecular weight is 342 g/mol. The summed E-state index contributed by atoms with van der Waals surface area (Å²) in [5.74, 6) is -0.0863. The molecule has 0 unspecified atom stereocenters. The summed E-state index contributed by atoms with van der Waals surface area (Å²) in [4.78, 5) is 14.5. The molecule has 0 aliphatic rings. The van der Waals surface area contributed by atoms with Crippen LogP contribution in [-0.2, 0) is 6.61 Å².